The van der Waals surface area contributed by atoms with E-state index in [4.69, 9.17) is 5.73 Å². The summed E-state index contributed by atoms with van der Waals surface area (Å²) in [7, 11) is 0. The summed E-state index contributed by atoms with van der Waals surface area (Å²) < 4.78 is 0. The minimum atomic E-state index is -0.0130. The monoisotopic (exact) mass is 322 g/mol. The number of fused-ring (bicyclic) bond motifs is 3. The first-order chi connectivity index (χ1) is 10.2. The van der Waals surface area contributed by atoms with Crippen molar-refractivity contribution in [2.45, 2.75) is 38.4 Å². The van der Waals surface area contributed by atoms with E-state index in [-0.39, 0.29) is 5.56 Å². The summed E-state index contributed by atoms with van der Waals surface area (Å²) in [6, 6.07) is 0. The van der Waals surface area contributed by atoms with Gasteiger partial charge in [0.25, 0.3) is 5.56 Å². The molecule has 112 valence electrons. The molecule has 0 unspecified atom stereocenters. The van der Waals surface area contributed by atoms with Gasteiger partial charge in [-0.1, -0.05) is 11.8 Å². The average molecular weight is 322 g/mol. The van der Waals surface area contributed by atoms with E-state index in [1.807, 2.05) is 6.92 Å². The Morgan fingerprint density at radius 1 is 1.48 bits per heavy atom. The zero-order valence-corrected chi connectivity index (χ0v) is 13.6. The van der Waals surface area contributed by atoms with Gasteiger partial charge in [-0.05, 0) is 38.2 Å². The molecule has 2 heterocycles. The van der Waals surface area contributed by atoms with Crippen molar-refractivity contribution in [2.75, 3.05) is 6.54 Å². The van der Waals surface area contributed by atoms with Crippen LogP contribution in [0.5, 0.6) is 0 Å². The molecule has 0 amide bonds. The maximum atomic E-state index is 12.3. The SMILES string of the molecule is CCN=C(N)SCc1nc2sc3c(c2c(=O)[nH]1)CCCC3. The molecule has 2 aromatic rings. The lowest BCUT2D eigenvalue weighted by molar-refractivity contribution is 0.700. The Labute approximate surface area is 131 Å². The molecule has 0 radical (unpaired) electrons. The zero-order valence-electron chi connectivity index (χ0n) is 11.9. The van der Waals surface area contributed by atoms with Crippen molar-refractivity contribution in [3.8, 4) is 0 Å². The van der Waals surface area contributed by atoms with Crippen LogP contribution in [-0.2, 0) is 18.6 Å². The second-order valence-electron chi connectivity index (χ2n) is 5.00. The maximum Gasteiger partial charge on any atom is 0.259 e. The largest absolute Gasteiger partial charge is 0.379 e. The highest BCUT2D eigenvalue weighted by Gasteiger charge is 2.19. The first kappa shape index (κ1) is 14.6. The first-order valence-corrected chi connectivity index (χ1v) is 8.95. The van der Waals surface area contributed by atoms with Gasteiger partial charge in [0.15, 0.2) is 5.17 Å². The maximum absolute atomic E-state index is 12.3. The molecule has 0 fully saturated rings. The van der Waals surface area contributed by atoms with Crippen molar-refractivity contribution in [3.05, 3.63) is 26.6 Å². The number of aromatic amines is 1. The molecule has 21 heavy (non-hydrogen) atoms. The van der Waals surface area contributed by atoms with E-state index in [1.54, 1.807) is 11.3 Å². The molecule has 0 bridgehead atoms. The molecule has 7 heteroatoms. The number of hydrogen-bond acceptors (Lipinski definition) is 5. The molecular formula is C14H18N4OS2. The topological polar surface area (TPSA) is 84.1 Å². The van der Waals surface area contributed by atoms with Crippen LogP contribution in [0.3, 0.4) is 0 Å². The van der Waals surface area contributed by atoms with E-state index in [0.717, 1.165) is 23.1 Å². The van der Waals surface area contributed by atoms with Gasteiger partial charge < -0.3 is 10.7 Å². The number of nitrogens with one attached hydrogen (secondary N) is 1. The Kier molecular flexibility index (Phi) is 4.30. The van der Waals surface area contributed by atoms with Crippen LogP contribution in [0.25, 0.3) is 10.2 Å². The van der Waals surface area contributed by atoms with E-state index >= 15 is 0 Å². The summed E-state index contributed by atoms with van der Waals surface area (Å²) in [5.41, 5.74) is 6.97. The predicted octanol–water partition coefficient (Wildman–Crippen LogP) is 2.43. The molecule has 0 aromatic carbocycles. The fourth-order valence-corrected chi connectivity index (χ4v) is 4.54. The van der Waals surface area contributed by atoms with Crippen LogP contribution in [0.1, 0.15) is 36.0 Å². The molecule has 0 atom stereocenters. The van der Waals surface area contributed by atoms with E-state index in [0.29, 0.717) is 23.3 Å². The highest BCUT2D eigenvalue weighted by Crippen LogP contribution is 2.33. The number of amidine groups is 1. The number of rotatable bonds is 3. The van der Waals surface area contributed by atoms with Gasteiger partial charge in [0.2, 0.25) is 0 Å². The lowest BCUT2D eigenvalue weighted by atomic mass is 9.97. The van der Waals surface area contributed by atoms with Crippen LogP contribution in [0.4, 0.5) is 0 Å². The number of aromatic nitrogens is 2. The van der Waals surface area contributed by atoms with Crippen LogP contribution in [0.2, 0.25) is 0 Å². The first-order valence-electron chi connectivity index (χ1n) is 7.15. The highest BCUT2D eigenvalue weighted by atomic mass is 32.2. The van der Waals surface area contributed by atoms with Crippen molar-refractivity contribution < 1.29 is 0 Å². The van der Waals surface area contributed by atoms with Gasteiger partial charge in [-0.2, -0.15) is 0 Å². The molecule has 5 nitrogen and oxygen atoms in total. The van der Waals surface area contributed by atoms with Crippen molar-refractivity contribution in [1.29, 1.82) is 0 Å². The van der Waals surface area contributed by atoms with Gasteiger partial charge in [-0.15, -0.1) is 11.3 Å². The Morgan fingerprint density at radius 2 is 2.29 bits per heavy atom. The summed E-state index contributed by atoms with van der Waals surface area (Å²) in [6.45, 7) is 2.61. The van der Waals surface area contributed by atoms with Gasteiger partial charge in [-0.3, -0.25) is 9.79 Å². The van der Waals surface area contributed by atoms with Crippen LogP contribution in [0.15, 0.2) is 9.79 Å². The van der Waals surface area contributed by atoms with Crippen LogP contribution in [-0.4, -0.2) is 21.7 Å². The number of H-pyrrole nitrogens is 1. The van der Waals surface area contributed by atoms with Crippen LogP contribution in [0, 0.1) is 0 Å². The summed E-state index contributed by atoms with van der Waals surface area (Å²) in [5.74, 6) is 1.22. The standard InChI is InChI=1S/C14H18N4OS2/c1-2-16-14(15)20-7-10-17-12(19)11-8-5-3-4-6-9(8)21-13(11)18-10/h2-7H2,1H3,(H2,15,16)(H,17,18,19). The molecule has 1 aliphatic rings. The minimum absolute atomic E-state index is 0.0130. The lowest BCUT2D eigenvalue weighted by Crippen LogP contribution is -2.14. The van der Waals surface area contributed by atoms with Gasteiger partial charge in [0, 0.05) is 11.4 Å². The van der Waals surface area contributed by atoms with E-state index in [1.165, 1.54) is 35.0 Å². The molecule has 2 aromatic heterocycles. The number of nitrogens with zero attached hydrogens (tertiary/aromatic N) is 2. The minimum Gasteiger partial charge on any atom is -0.379 e. The van der Waals surface area contributed by atoms with E-state index in [9.17, 15) is 4.79 Å². The Hall–Kier alpha value is -1.34. The number of nitrogens with two attached hydrogens (primary N) is 1. The van der Waals surface area contributed by atoms with Gasteiger partial charge in [0.1, 0.15) is 10.7 Å². The third-order valence-corrected chi connectivity index (χ3v) is 5.57. The summed E-state index contributed by atoms with van der Waals surface area (Å²) in [5, 5.41) is 1.34. The third-order valence-electron chi connectivity index (χ3n) is 3.54. The molecule has 3 rings (SSSR count). The average Bonchev–Trinajstić information content (AvgIpc) is 2.84. The van der Waals surface area contributed by atoms with Crippen molar-refractivity contribution in [3.63, 3.8) is 0 Å². The van der Waals surface area contributed by atoms with Gasteiger partial charge in [0.05, 0.1) is 11.1 Å². The molecule has 0 aliphatic heterocycles. The van der Waals surface area contributed by atoms with Crippen molar-refractivity contribution >= 4 is 38.5 Å². The summed E-state index contributed by atoms with van der Waals surface area (Å²) >= 11 is 3.08. The number of hydrogen-bond donors (Lipinski definition) is 2. The molecule has 1 aliphatic carbocycles. The number of aliphatic imine (C=N–C) groups is 1. The molecule has 0 saturated carbocycles. The van der Waals surface area contributed by atoms with Crippen LogP contribution >= 0.6 is 23.1 Å². The molecule has 0 saturated heterocycles. The Morgan fingerprint density at radius 3 is 3.10 bits per heavy atom. The molecule has 3 N–H and O–H groups in total. The highest BCUT2D eigenvalue weighted by molar-refractivity contribution is 8.13. The number of thiophene rings is 1. The fourth-order valence-electron chi connectivity index (χ4n) is 2.62. The smallest absolute Gasteiger partial charge is 0.259 e. The molecular weight excluding hydrogens is 304 g/mol. The number of thioether (sulfide) groups is 1. The van der Waals surface area contributed by atoms with Crippen molar-refractivity contribution in [2.24, 2.45) is 10.7 Å². The van der Waals surface area contributed by atoms with Gasteiger partial charge in [-0.25, -0.2) is 4.98 Å². The lowest BCUT2D eigenvalue weighted by Gasteiger charge is -2.09. The second-order valence-corrected chi connectivity index (χ2v) is 7.08. The quantitative estimate of drug-likeness (QED) is 0.671. The molecule has 0 spiro atoms. The normalized spacial score (nSPS) is 15.4. The zero-order chi connectivity index (χ0) is 14.8. The Bertz CT molecular complexity index is 747. The fraction of sp³-hybridized carbons (Fsp3) is 0.500. The second kappa shape index (κ2) is 6.19. The van der Waals surface area contributed by atoms with Gasteiger partial charge >= 0.3 is 0 Å². The Balaban J connectivity index is 1.93. The predicted molar refractivity (Wildman–Crippen MR) is 90.3 cm³/mol. The summed E-state index contributed by atoms with van der Waals surface area (Å²) in [4.78, 5) is 26.2. The van der Waals surface area contributed by atoms with Crippen LogP contribution < -0.4 is 11.3 Å². The third kappa shape index (κ3) is 2.98. The summed E-state index contributed by atoms with van der Waals surface area (Å²) in [6.07, 6.45) is 4.46. The van der Waals surface area contributed by atoms with E-state index in [2.05, 4.69) is 15.0 Å². The number of aryl methyl sites for hydroxylation is 2. The van der Waals surface area contributed by atoms with Crippen molar-refractivity contribution in [1.82, 2.24) is 9.97 Å². The van der Waals surface area contributed by atoms with E-state index < -0.39 is 0 Å².